The van der Waals surface area contributed by atoms with Gasteiger partial charge in [0.05, 0.1) is 40.8 Å². The van der Waals surface area contributed by atoms with E-state index in [0.717, 1.165) is 23.5 Å². The lowest BCUT2D eigenvalue weighted by molar-refractivity contribution is -0.320. The van der Waals surface area contributed by atoms with E-state index in [9.17, 15) is 44.4 Å². The largest absolute Gasteiger partial charge is 0.480 e. The number of aliphatic hydroxyl groups is 4. The van der Waals surface area contributed by atoms with Gasteiger partial charge in [0.1, 0.15) is 30.4 Å². The van der Waals surface area contributed by atoms with Gasteiger partial charge in [-0.1, -0.05) is 6.92 Å². The Kier molecular flexibility index (Phi) is 11.8. The minimum Gasteiger partial charge on any atom is -0.480 e. The third-order valence-electron chi connectivity index (χ3n) is 12.3. The van der Waals surface area contributed by atoms with E-state index in [1.807, 2.05) is 6.92 Å². The molecular weight excluding hydrogens is 712 g/mol. The normalized spacial score (nSPS) is 41.0. The number of ether oxygens (including phenoxy) is 3. The van der Waals surface area contributed by atoms with Crippen molar-refractivity contribution in [2.24, 2.45) is 40.1 Å². The summed E-state index contributed by atoms with van der Waals surface area (Å²) in [5, 5.41) is 66.4. The van der Waals surface area contributed by atoms with Crippen molar-refractivity contribution in [3.05, 3.63) is 12.2 Å². The molecule has 13 unspecified atom stereocenters. The SMILES string of the molecule is CC12CC(OC(=O)CSCC(N)C(=O)O)C3C(CCC4(O)CC(OC(=O)CSCC(N)C(=O)O)CC(O)C34CO)C1(O)CCC2C1C=CC(=O)O1. The van der Waals surface area contributed by atoms with Crippen molar-refractivity contribution in [2.45, 2.75) is 99.6 Å². The summed E-state index contributed by atoms with van der Waals surface area (Å²) in [7, 11) is 0. The third-order valence-corrected chi connectivity index (χ3v) is 14.3. The number of carboxylic acids is 2. The molecule has 0 aromatic rings. The number of esters is 3. The number of hydrogen-bond donors (Lipinski definition) is 8. The molecular formula is C33H48N2O14S2. The lowest BCUT2D eigenvalue weighted by Crippen LogP contribution is -2.76. The van der Waals surface area contributed by atoms with Crippen molar-refractivity contribution in [1.29, 1.82) is 0 Å². The highest BCUT2D eigenvalue weighted by Gasteiger charge is 2.76. The number of aliphatic hydroxyl groups excluding tert-OH is 2. The Morgan fingerprint density at radius 2 is 1.55 bits per heavy atom. The van der Waals surface area contributed by atoms with Crippen LogP contribution in [0.2, 0.25) is 0 Å². The fourth-order valence-corrected chi connectivity index (χ4v) is 11.4. The van der Waals surface area contributed by atoms with Gasteiger partial charge in [-0.25, -0.2) is 4.79 Å². The highest BCUT2D eigenvalue weighted by atomic mass is 32.2. The Labute approximate surface area is 303 Å². The quantitative estimate of drug-likeness (QED) is 0.0780. The van der Waals surface area contributed by atoms with Crippen LogP contribution in [0.25, 0.3) is 0 Å². The molecule has 4 aliphatic carbocycles. The van der Waals surface area contributed by atoms with E-state index in [4.69, 9.17) is 35.9 Å². The average Bonchev–Trinajstić information content (AvgIpc) is 3.59. The zero-order valence-corrected chi connectivity index (χ0v) is 29.9. The molecule has 0 amide bonds. The maximum Gasteiger partial charge on any atom is 0.331 e. The summed E-state index contributed by atoms with van der Waals surface area (Å²) in [6.07, 6.45) is -0.463. The van der Waals surface area contributed by atoms with Crippen LogP contribution in [0.15, 0.2) is 12.2 Å². The molecule has 51 heavy (non-hydrogen) atoms. The van der Waals surface area contributed by atoms with E-state index in [-0.39, 0.29) is 61.0 Å². The van der Waals surface area contributed by atoms with Crippen molar-refractivity contribution in [3.63, 3.8) is 0 Å². The number of nitrogens with two attached hydrogens (primary N) is 2. The molecule has 286 valence electrons. The van der Waals surface area contributed by atoms with Crippen LogP contribution in [0.3, 0.4) is 0 Å². The first kappa shape index (κ1) is 39.8. The van der Waals surface area contributed by atoms with Crippen LogP contribution in [0.5, 0.6) is 0 Å². The van der Waals surface area contributed by atoms with Crippen LogP contribution in [0.1, 0.15) is 51.9 Å². The Morgan fingerprint density at radius 1 is 0.961 bits per heavy atom. The van der Waals surface area contributed by atoms with E-state index in [2.05, 4.69) is 0 Å². The molecule has 4 fully saturated rings. The number of rotatable bonds is 14. The van der Waals surface area contributed by atoms with Gasteiger partial charge in [0.25, 0.3) is 0 Å². The van der Waals surface area contributed by atoms with Crippen molar-refractivity contribution in [2.75, 3.05) is 29.6 Å². The molecule has 13 atom stereocenters. The van der Waals surface area contributed by atoms with Gasteiger partial charge in [-0.2, -0.15) is 0 Å². The first-order valence-electron chi connectivity index (χ1n) is 17.1. The van der Waals surface area contributed by atoms with Crippen molar-refractivity contribution < 1.29 is 68.8 Å². The van der Waals surface area contributed by atoms with Gasteiger partial charge in [-0.05, 0) is 44.1 Å². The smallest absolute Gasteiger partial charge is 0.331 e. The molecule has 0 radical (unpaired) electrons. The summed E-state index contributed by atoms with van der Waals surface area (Å²) in [4.78, 5) is 60.3. The highest BCUT2D eigenvalue weighted by molar-refractivity contribution is 8.00. The Bertz CT molecular complexity index is 1420. The number of hydrogen-bond acceptors (Lipinski definition) is 16. The Hall–Kier alpha value is -2.45. The molecule has 16 nitrogen and oxygen atoms in total. The minimum atomic E-state index is -1.83. The van der Waals surface area contributed by atoms with Gasteiger partial charge in [-0.3, -0.25) is 19.2 Å². The zero-order valence-electron chi connectivity index (χ0n) is 28.3. The second kappa shape index (κ2) is 15.1. The average molecular weight is 761 g/mol. The van der Waals surface area contributed by atoms with Crippen LogP contribution in [0, 0.1) is 28.6 Å². The van der Waals surface area contributed by atoms with Gasteiger partial charge < -0.3 is 56.3 Å². The summed E-state index contributed by atoms with van der Waals surface area (Å²) in [5.74, 6) is -6.93. The van der Waals surface area contributed by atoms with Gasteiger partial charge in [0, 0.05) is 47.7 Å². The molecule has 0 bridgehead atoms. The van der Waals surface area contributed by atoms with E-state index in [1.165, 1.54) is 6.08 Å². The number of carbonyl (C=O) groups is 5. The van der Waals surface area contributed by atoms with Crippen molar-refractivity contribution >= 4 is 53.4 Å². The number of aliphatic carboxylic acids is 2. The molecule has 0 aromatic heterocycles. The zero-order chi connectivity index (χ0) is 37.5. The molecule has 1 aliphatic heterocycles. The lowest BCUT2D eigenvalue weighted by Gasteiger charge is -2.68. The van der Waals surface area contributed by atoms with Gasteiger partial charge in [0.15, 0.2) is 0 Å². The summed E-state index contributed by atoms with van der Waals surface area (Å²) < 4.78 is 17.3. The van der Waals surface area contributed by atoms with E-state index in [1.54, 1.807) is 6.08 Å². The number of carbonyl (C=O) groups excluding carboxylic acids is 3. The molecule has 5 aliphatic rings. The summed E-state index contributed by atoms with van der Waals surface area (Å²) in [6.45, 7) is 1.12. The van der Waals surface area contributed by atoms with Crippen molar-refractivity contribution in [1.82, 2.24) is 0 Å². The molecule has 18 heteroatoms. The van der Waals surface area contributed by atoms with Crippen LogP contribution in [-0.2, 0) is 38.2 Å². The lowest BCUT2D eigenvalue weighted by atomic mass is 9.40. The maximum absolute atomic E-state index is 13.4. The summed E-state index contributed by atoms with van der Waals surface area (Å²) in [5.41, 5.74) is 5.14. The van der Waals surface area contributed by atoms with Gasteiger partial charge in [0.2, 0.25) is 0 Å². The monoisotopic (exact) mass is 760 g/mol. The van der Waals surface area contributed by atoms with Gasteiger partial charge in [-0.15, -0.1) is 23.5 Å². The first-order valence-corrected chi connectivity index (χ1v) is 19.4. The van der Waals surface area contributed by atoms with Crippen LogP contribution in [-0.4, -0.2) is 138 Å². The maximum atomic E-state index is 13.4. The van der Waals surface area contributed by atoms with Crippen molar-refractivity contribution in [3.8, 4) is 0 Å². The third kappa shape index (κ3) is 7.14. The molecule has 1 heterocycles. The predicted octanol–water partition coefficient (Wildman–Crippen LogP) is -0.976. The second-order valence-electron chi connectivity index (χ2n) is 14.9. The van der Waals surface area contributed by atoms with E-state index >= 15 is 0 Å². The fourth-order valence-electron chi connectivity index (χ4n) is 9.92. The van der Waals surface area contributed by atoms with E-state index < -0.39 is 107 Å². The topological polar surface area (TPSA) is 286 Å². The van der Waals surface area contributed by atoms with Crippen LogP contribution >= 0.6 is 23.5 Å². The van der Waals surface area contributed by atoms with Crippen LogP contribution < -0.4 is 11.5 Å². The molecule has 0 saturated heterocycles. The van der Waals surface area contributed by atoms with E-state index in [0.29, 0.717) is 12.8 Å². The molecule has 5 rings (SSSR count). The molecule has 4 saturated carbocycles. The predicted molar refractivity (Wildman–Crippen MR) is 181 cm³/mol. The Balaban J connectivity index is 1.43. The standard InChI is InChI=1S/C33H48N2O14S2/c1-30-10-22(49-26(40)14-51-12-20(35)29(43)44)27-18(33(30,46)7-5-17(30)21-2-3-24(38)48-21)4-6-31(45)9-16(8-23(37)32(27,31)15-36)47-25(39)13-50-11-19(34)28(41)42/h2-3,16-23,27,36-37,45-46H,4-15,34-35H2,1H3,(H,41,42)(H,43,44). The number of thioether (sulfide) groups is 2. The first-order chi connectivity index (χ1) is 23.9. The highest BCUT2D eigenvalue weighted by Crippen LogP contribution is 2.71. The second-order valence-corrected chi connectivity index (χ2v) is 16.9. The van der Waals surface area contributed by atoms with Crippen LogP contribution in [0.4, 0.5) is 0 Å². The number of carboxylic acid groups (broad SMARTS) is 2. The number of fused-ring (bicyclic) bond motifs is 5. The minimum absolute atomic E-state index is 0.00697. The number of cyclic esters (lactones) is 1. The molecule has 0 aromatic carbocycles. The van der Waals surface area contributed by atoms with Gasteiger partial charge >= 0.3 is 29.8 Å². The fraction of sp³-hybridized carbons (Fsp3) is 0.788. The summed E-state index contributed by atoms with van der Waals surface area (Å²) in [6, 6.07) is -2.38. The molecule has 0 spiro atoms. The molecule has 10 N–H and O–H groups in total. The summed E-state index contributed by atoms with van der Waals surface area (Å²) >= 11 is 1.93. The Morgan fingerprint density at radius 3 is 2.10 bits per heavy atom.